The molecule has 20 heavy (non-hydrogen) atoms. The van der Waals surface area contributed by atoms with Crippen molar-refractivity contribution >= 4 is 12.0 Å². The van der Waals surface area contributed by atoms with E-state index in [0.29, 0.717) is 31.9 Å². The fraction of sp³-hybridized carbons (Fsp3) is 0.857. The molecular formula is C14H26N2O4. The quantitative estimate of drug-likeness (QED) is 0.532. The molecule has 0 heterocycles. The summed E-state index contributed by atoms with van der Waals surface area (Å²) in [4.78, 5) is 22.9. The summed E-state index contributed by atoms with van der Waals surface area (Å²) in [5, 5.41) is 14.5. The first-order chi connectivity index (χ1) is 9.54. The van der Waals surface area contributed by atoms with Crippen molar-refractivity contribution in [3.63, 3.8) is 0 Å². The number of hydrogen-bond donors (Lipinski definition) is 3. The molecule has 1 fully saturated rings. The average Bonchev–Trinajstić information content (AvgIpc) is 3.24. The van der Waals surface area contributed by atoms with Gasteiger partial charge in [-0.05, 0) is 31.6 Å². The van der Waals surface area contributed by atoms with Crippen LogP contribution in [-0.4, -0.2) is 43.4 Å². The van der Waals surface area contributed by atoms with Crippen molar-refractivity contribution in [3.05, 3.63) is 0 Å². The summed E-state index contributed by atoms with van der Waals surface area (Å²) in [5.41, 5.74) is -0.875. The van der Waals surface area contributed by atoms with Crippen molar-refractivity contribution in [2.45, 2.75) is 39.5 Å². The largest absolute Gasteiger partial charge is 0.481 e. The van der Waals surface area contributed by atoms with Gasteiger partial charge in [0.2, 0.25) is 0 Å². The van der Waals surface area contributed by atoms with Crippen LogP contribution in [0.5, 0.6) is 0 Å². The first kappa shape index (κ1) is 16.8. The van der Waals surface area contributed by atoms with Crippen LogP contribution < -0.4 is 10.6 Å². The number of ether oxygens (including phenoxy) is 1. The molecule has 2 amide bonds. The van der Waals surface area contributed by atoms with Crippen LogP contribution in [0.25, 0.3) is 0 Å². The molecule has 1 saturated carbocycles. The van der Waals surface area contributed by atoms with Crippen molar-refractivity contribution in [2.75, 3.05) is 26.3 Å². The van der Waals surface area contributed by atoms with Crippen LogP contribution in [0.15, 0.2) is 0 Å². The van der Waals surface area contributed by atoms with E-state index in [1.165, 1.54) is 12.8 Å². The number of rotatable bonds is 10. The molecular weight excluding hydrogens is 260 g/mol. The van der Waals surface area contributed by atoms with Gasteiger partial charge >= 0.3 is 12.0 Å². The van der Waals surface area contributed by atoms with Crippen LogP contribution in [0.2, 0.25) is 0 Å². The molecule has 116 valence electrons. The lowest BCUT2D eigenvalue weighted by atomic mass is 9.82. The molecule has 0 unspecified atom stereocenters. The number of carboxylic acid groups (broad SMARTS) is 1. The van der Waals surface area contributed by atoms with Gasteiger partial charge in [-0.3, -0.25) is 4.79 Å². The lowest BCUT2D eigenvalue weighted by Gasteiger charge is -2.26. The summed E-state index contributed by atoms with van der Waals surface area (Å²) in [6.07, 6.45) is 3.48. The van der Waals surface area contributed by atoms with E-state index >= 15 is 0 Å². The molecule has 6 nitrogen and oxygen atoms in total. The molecule has 6 heteroatoms. The zero-order valence-electron chi connectivity index (χ0n) is 12.4. The van der Waals surface area contributed by atoms with E-state index in [1.807, 2.05) is 13.8 Å². The van der Waals surface area contributed by atoms with Gasteiger partial charge in [-0.2, -0.15) is 0 Å². The van der Waals surface area contributed by atoms with E-state index in [0.717, 1.165) is 6.61 Å². The first-order valence-corrected chi connectivity index (χ1v) is 7.37. The Morgan fingerprint density at radius 1 is 1.25 bits per heavy atom. The highest BCUT2D eigenvalue weighted by molar-refractivity contribution is 5.78. The summed E-state index contributed by atoms with van der Waals surface area (Å²) >= 11 is 0. The minimum atomic E-state index is -0.875. The van der Waals surface area contributed by atoms with Crippen LogP contribution in [0.3, 0.4) is 0 Å². The number of carbonyl (C=O) groups excluding carboxylic acids is 1. The Kier molecular flexibility index (Phi) is 6.78. The first-order valence-electron chi connectivity index (χ1n) is 7.37. The van der Waals surface area contributed by atoms with Crippen molar-refractivity contribution < 1.29 is 19.4 Å². The predicted molar refractivity (Wildman–Crippen MR) is 75.6 cm³/mol. The van der Waals surface area contributed by atoms with Crippen molar-refractivity contribution in [1.82, 2.24) is 10.6 Å². The normalized spacial score (nSPS) is 14.9. The third kappa shape index (κ3) is 5.36. The van der Waals surface area contributed by atoms with Gasteiger partial charge in [0.15, 0.2) is 0 Å². The third-order valence-electron chi connectivity index (χ3n) is 3.98. The van der Waals surface area contributed by atoms with Crippen molar-refractivity contribution in [2.24, 2.45) is 11.3 Å². The number of nitrogens with one attached hydrogen (secondary N) is 2. The van der Waals surface area contributed by atoms with Crippen LogP contribution in [-0.2, 0) is 9.53 Å². The summed E-state index contributed by atoms with van der Waals surface area (Å²) in [5.74, 6) is -0.148. The summed E-state index contributed by atoms with van der Waals surface area (Å²) in [6, 6.07) is -0.340. The molecule has 0 aliphatic heterocycles. The molecule has 0 aromatic carbocycles. The molecule has 3 N–H and O–H groups in total. The lowest BCUT2D eigenvalue weighted by molar-refractivity contribution is -0.149. The second-order valence-corrected chi connectivity index (χ2v) is 5.42. The van der Waals surface area contributed by atoms with Crippen LogP contribution in [0, 0.1) is 11.3 Å². The van der Waals surface area contributed by atoms with Gasteiger partial charge in [-0.15, -0.1) is 0 Å². The van der Waals surface area contributed by atoms with Crippen LogP contribution >= 0.6 is 0 Å². The number of carboxylic acids is 1. The van der Waals surface area contributed by atoms with E-state index in [9.17, 15) is 14.7 Å². The highest BCUT2D eigenvalue weighted by atomic mass is 16.5. The average molecular weight is 286 g/mol. The monoisotopic (exact) mass is 286 g/mol. The molecule has 1 rings (SSSR count). The minimum absolute atomic E-state index is 0.143. The Morgan fingerprint density at radius 3 is 2.40 bits per heavy atom. The van der Waals surface area contributed by atoms with Gasteiger partial charge in [0.25, 0.3) is 0 Å². The van der Waals surface area contributed by atoms with Gasteiger partial charge in [0, 0.05) is 19.7 Å². The fourth-order valence-corrected chi connectivity index (χ4v) is 1.96. The van der Waals surface area contributed by atoms with Crippen LogP contribution in [0.1, 0.15) is 39.5 Å². The fourth-order valence-electron chi connectivity index (χ4n) is 1.96. The predicted octanol–water partition coefficient (Wildman–Crippen LogP) is 1.60. The summed E-state index contributed by atoms with van der Waals surface area (Å²) < 4.78 is 5.40. The molecule has 1 aliphatic rings. The van der Waals surface area contributed by atoms with E-state index in [1.54, 1.807) is 0 Å². The number of aliphatic carboxylic acids is 1. The Morgan fingerprint density at radius 2 is 1.90 bits per heavy atom. The molecule has 0 bridgehead atoms. The number of amides is 2. The highest BCUT2D eigenvalue weighted by Crippen LogP contribution is 2.28. The smallest absolute Gasteiger partial charge is 0.314 e. The van der Waals surface area contributed by atoms with E-state index in [2.05, 4.69) is 10.6 Å². The minimum Gasteiger partial charge on any atom is -0.481 e. The summed E-state index contributed by atoms with van der Waals surface area (Å²) in [6.45, 7) is 5.50. The van der Waals surface area contributed by atoms with Gasteiger partial charge < -0.3 is 20.5 Å². The molecule has 0 aromatic rings. The summed E-state index contributed by atoms with van der Waals surface area (Å²) in [7, 11) is 0. The maximum atomic E-state index is 11.6. The third-order valence-corrected chi connectivity index (χ3v) is 3.98. The van der Waals surface area contributed by atoms with Gasteiger partial charge in [0.1, 0.15) is 0 Å². The second-order valence-electron chi connectivity index (χ2n) is 5.42. The van der Waals surface area contributed by atoms with Crippen LogP contribution in [0.4, 0.5) is 4.79 Å². The standard InChI is InChI=1S/C14H26N2O4/c1-3-14(4-2,12(17)18)10-16-13(19)15-7-8-20-9-11-5-6-11/h11H,3-10H2,1-2H3,(H,17,18)(H2,15,16,19). The SMILES string of the molecule is CCC(CC)(CNC(=O)NCCOCC1CC1)C(=O)O. The Bertz CT molecular complexity index is 325. The zero-order valence-corrected chi connectivity index (χ0v) is 12.4. The second kappa shape index (κ2) is 8.09. The Hall–Kier alpha value is -1.30. The van der Waals surface area contributed by atoms with Crippen molar-refractivity contribution in [3.8, 4) is 0 Å². The van der Waals surface area contributed by atoms with Gasteiger partial charge in [-0.1, -0.05) is 13.8 Å². The van der Waals surface area contributed by atoms with Gasteiger partial charge in [0.05, 0.1) is 12.0 Å². The maximum absolute atomic E-state index is 11.6. The topological polar surface area (TPSA) is 87.7 Å². The lowest BCUT2D eigenvalue weighted by Crippen LogP contribution is -2.46. The zero-order chi connectivity index (χ0) is 15.0. The van der Waals surface area contributed by atoms with Crippen molar-refractivity contribution in [1.29, 1.82) is 0 Å². The number of urea groups is 1. The van der Waals surface area contributed by atoms with Gasteiger partial charge in [-0.25, -0.2) is 4.79 Å². The molecule has 0 spiro atoms. The van der Waals surface area contributed by atoms with E-state index in [4.69, 9.17) is 4.74 Å². The molecule has 0 atom stereocenters. The molecule has 0 saturated heterocycles. The molecule has 0 aromatic heterocycles. The number of hydrogen-bond acceptors (Lipinski definition) is 3. The molecule has 1 aliphatic carbocycles. The number of carbonyl (C=O) groups is 2. The van der Waals surface area contributed by atoms with E-state index < -0.39 is 11.4 Å². The molecule has 0 radical (unpaired) electrons. The Labute approximate surface area is 120 Å². The van der Waals surface area contributed by atoms with E-state index in [-0.39, 0.29) is 12.6 Å². The maximum Gasteiger partial charge on any atom is 0.314 e. The highest BCUT2D eigenvalue weighted by Gasteiger charge is 2.35. The Balaban J connectivity index is 2.15.